The first kappa shape index (κ1) is 12.9. The van der Waals surface area contributed by atoms with Gasteiger partial charge in [-0.1, -0.05) is 17.7 Å². The molecule has 0 aliphatic carbocycles. The molecule has 0 amide bonds. The van der Waals surface area contributed by atoms with Gasteiger partial charge >= 0.3 is 0 Å². The average Bonchev–Trinajstić information content (AvgIpc) is 2.56. The third-order valence-corrected chi connectivity index (χ3v) is 3.09. The molecule has 0 aliphatic rings. The largest absolute Gasteiger partial charge is 0.453 e. The third-order valence-electron chi connectivity index (χ3n) is 2.85. The molecule has 0 saturated carbocycles. The highest BCUT2D eigenvalue weighted by Crippen LogP contribution is 2.32. The first-order valence-corrected chi connectivity index (χ1v) is 5.98. The van der Waals surface area contributed by atoms with Crippen molar-refractivity contribution in [2.75, 3.05) is 0 Å². The van der Waals surface area contributed by atoms with Gasteiger partial charge in [-0.25, -0.2) is 0 Å². The van der Waals surface area contributed by atoms with Crippen LogP contribution in [-0.2, 0) is 13.7 Å². The van der Waals surface area contributed by atoms with Gasteiger partial charge in [0.05, 0.1) is 12.3 Å². The maximum atomic E-state index is 9.29. The lowest BCUT2D eigenvalue weighted by molar-refractivity contribution is 0.276. The van der Waals surface area contributed by atoms with Gasteiger partial charge < -0.3 is 9.84 Å². The molecule has 0 spiro atoms. The van der Waals surface area contributed by atoms with Gasteiger partial charge in [-0.3, -0.25) is 4.68 Å². The zero-order chi connectivity index (χ0) is 13.3. The lowest BCUT2D eigenvalue weighted by atomic mass is 10.2. The van der Waals surface area contributed by atoms with E-state index in [-0.39, 0.29) is 6.61 Å². The van der Waals surface area contributed by atoms with Crippen LogP contribution >= 0.6 is 11.6 Å². The van der Waals surface area contributed by atoms with Gasteiger partial charge in [-0.05, 0) is 26.0 Å². The topological polar surface area (TPSA) is 47.3 Å². The van der Waals surface area contributed by atoms with Crippen LogP contribution < -0.4 is 4.74 Å². The van der Waals surface area contributed by atoms with Crippen molar-refractivity contribution >= 4 is 11.6 Å². The Morgan fingerprint density at radius 1 is 1.39 bits per heavy atom. The molecule has 1 aromatic heterocycles. The molecule has 2 rings (SSSR count). The Balaban J connectivity index is 2.42. The van der Waals surface area contributed by atoms with Gasteiger partial charge in [-0.2, -0.15) is 5.10 Å². The summed E-state index contributed by atoms with van der Waals surface area (Å²) in [6, 6.07) is 5.17. The Kier molecular flexibility index (Phi) is 3.59. The molecular weight excluding hydrogens is 252 g/mol. The molecule has 0 radical (unpaired) electrons. The molecule has 2 aromatic rings. The van der Waals surface area contributed by atoms with Crippen LogP contribution in [0.5, 0.6) is 11.5 Å². The van der Waals surface area contributed by atoms with Gasteiger partial charge in [-0.15, -0.1) is 0 Å². The molecule has 0 aliphatic heterocycles. The predicted octanol–water partition coefficient (Wildman–Crippen LogP) is 2.97. The molecule has 0 saturated heterocycles. The fraction of sp³-hybridized carbons (Fsp3) is 0.308. The monoisotopic (exact) mass is 266 g/mol. The highest BCUT2D eigenvalue weighted by molar-refractivity contribution is 6.30. The molecule has 0 atom stereocenters. The SMILES string of the molecule is Cc1nn(C)c(C)c1Oc1cc(Cl)ccc1CO. The number of halogens is 1. The molecule has 18 heavy (non-hydrogen) atoms. The normalized spacial score (nSPS) is 10.7. The molecule has 0 unspecified atom stereocenters. The number of ether oxygens (including phenoxy) is 1. The number of hydrogen-bond donors (Lipinski definition) is 1. The zero-order valence-corrected chi connectivity index (χ0v) is 11.3. The van der Waals surface area contributed by atoms with E-state index >= 15 is 0 Å². The number of benzene rings is 1. The van der Waals surface area contributed by atoms with Crippen molar-refractivity contribution in [2.45, 2.75) is 20.5 Å². The lowest BCUT2D eigenvalue weighted by Crippen LogP contribution is -1.95. The van der Waals surface area contributed by atoms with E-state index in [1.54, 1.807) is 22.9 Å². The number of aryl methyl sites for hydroxylation is 2. The number of aliphatic hydroxyl groups is 1. The first-order chi connectivity index (χ1) is 8.52. The molecule has 0 fully saturated rings. The van der Waals surface area contributed by atoms with Crippen molar-refractivity contribution in [1.82, 2.24) is 9.78 Å². The van der Waals surface area contributed by atoms with E-state index in [9.17, 15) is 5.11 Å². The second-order valence-corrected chi connectivity index (χ2v) is 4.57. The number of hydrogen-bond acceptors (Lipinski definition) is 3. The summed E-state index contributed by atoms with van der Waals surface area (Å²) in [5.74, 6) is 1.26. The number of aliphatic hydroxyl groups excluding tert-OH is 1. The summed E-state index contributed by atoms with van der Waals surface area (Å²) < 4.78 is 7.59. The average molecular weight is 267 g/mol. The summed E-state index contributed by atoms with van der Waals surface area (Å²) >= 11 is 5.94. The molecule has 1 heterocycles. The van der Waals surface area contributed by atoms with Crippen LogP contribution in [-0.4, -0.2) is 14.9 Å². The van der Waals surface area contributed by atoms with E-state index in [4.69, 9.17) is 16.3 Å². The molecule has 0 bridgehead atoms. The molecule has 96 valence electrons. The minimum absolute atomic E-state index is 0.0924. The van der Waals surface area contributed by atoms with Crippen LogP contribution in [0.25, 0.3) is 0 Å². The molecule has 1 N–H and O–H groups in total. The van der Waals surface area contributed by atoms with E-state index in [1.165, 1.54) is 0 Å². The van der Waals surface area contributed by atoms with Gasteiger partial charge in [0.25, 0.3) is 0 Å². The maximum absolute atomic E-state index is 9.29. The molecular formula is C13H15ClN2O2. The highest BCUT2D eigenvalue weighted by atomic mass is 35.5. The smallest absolute Gasteiger partial charge is 0.171 e. The van der Waals surface area contributed by atoms with E-state index in [0.717, 1.165) is 11.4 Å². The minimum Gasteiger partial charge on any atom is -0.453 e. The highest BCUT2D eigenvalue weighted by Gasteiger charge is 2.13. The summed E-state index contributed by atoms with van der Waals surface area (Å²) in [7, 11) is 1.86. The quantitative estimate of drug-likeness (QED) is 0.929. The van der Waals surface area contributed by atoms with E-state index in [0.29, 0.717) is 22.1 Å². The maximum Gasteiger partial charge on any atom is 0.171 e. The second kappa shape index (κ2) is 5.00. The number of aromatic nitrogens is 2. The van der Waals surface area contributed by atoms with Crippen LogP contribution in [0.15, 0.2) is 18.2 Å². The van der Waals surface area contributed by atoms with Crippen molar-refractivity contribution < 1.29 is 9.84 Å². The lowest BCUT2D eigenvalue weighted by Gasteiger charge is -2.10. The first-order valence-electron chi connectivity index (χ1n) is 5.60. The Labute approximate surface area is 111 Å². The second-order valence-electron chi connectivity index (χ2n) is 4.14. The molecule has 1 aromatic carbocycles. The van der Waals surface area contributed by atoms with Crippen molar-refractivity contribution in [2.24, 2.45) is 7.05 Å². The summed E-state index contributed by atoms with van der Waals surface area (Å²) in [5.41, 5.74) is 2.43. The Morgan fingerprint density at radius 3 is 2.67 bits per heavy atom. The van der Waals surface area contributed by atoms with E-state index < -0.39 is 0 Å². The minimum atomic E-state index is -0.0924. The molecule has 4 nitrogen and oxygen atoms in total. The number of rotatable bonds is 3. The van der Waals surface area contributed by atoms with Crippen LogP contribution in [0.3, 0.4) is 0 Å². The van der Waals surface area contributed by atoms with Gasteiger partial charge in [0, 0.05) is 17.6 Å². The summed E-state index contributed by atoms with van der Waals surface area (Å²) in [6.45, 7) is 3.72. The summed E-state index contributed by atoms with van der Waals surface area (Å²) in [4.78, 5) is 0. The van der Waals surface area contributed by atoms with Crippen LogP contribution in [0.4, 0.5) is 0 Å². The molecule has 5 heteroatoms. The Morgan fingerprint density at radius 2 is 2.11 bits per heavy atom. The fourth-order valence-corrected chi connectivity index (χ4v) is 1.93. The summed E-state index contributed by atoms with van der Waals surface area (Å²) in [6.07, 6.45) is 0. The van der Waals surface area contributed by atoms with Crippen LogP contribution in [0.1, 0.15) is 17.0 Å². The fourth-order valence-electron chi connectivity index (χ4n) is 1.77. The predicted molar refractivity (Wildman–Crippen MR) is 70.1 cm³/mol. The summed E-state index contributed by atoms with van der Waals surface area (Å²) in [5, 5.41) is 14.1. The standard InChI is InChI=1S/C13H15ClN2O2/c1-8-13(9(2)16(3)15-8)18-12-6-11(14)5-4-10(12)7-17/h4-6,17H,7H2,1-3H3. The Bertz CT molecular complexity index is 579. The van der Waals surface area contributed by atoms with Crippen molar-refractivity contribution in [3.8, 4) is 11.5 Å². The zero-order valence-electron chi connectivity index (χ0n) is 10.6. The van der Waals surface area contributed by atoms with Crippen LogP contribution in [0.2, 0.25) is 5.02 Å². The van der Waals surface area contributed by atoms with Crippen molar-refractivity contribution in [3.63, 3.8) is 0 Å². The third kappa shape index (κ3) is 2.35. The van der Waals surface area contributed by atoms with Gasteiger partial charge in [0.1, 0.15) is 11.4 Å². The van der Waals surface area contributed by atoms with Crippen molar-refractivity contribution in [3.05, 3.63) is 40.2 Å². The van der Waals surface area contributed by atoms with Crippen molar-refractivity contribution in [1.29, 1.82) is 0 Å². The Hall–Kier alpha value is -1.52. The van der Waals surface area contributed by atoms with Gasteiger partial charge in [0.15, 0.2) is 5.75 Å². The van der Waals surface area contributed by atoms with E-state index in [1.807, 2.05) is 20.9 Å². The van der Waals surface area contributed by atoms with E-state index in [2.05, 4.69) is 5.10 Å². The van der Waals surface area contributed by atoms with Gasteiger partial charge in [0.2, 0.25) is 0 Å². The van der Waals surface area contributed by atoms with Crippen LogP contribution in [0, 0.1) is 13.8 Å². The number of nitrogens with zero attached hydrogens (tertiary/aromatic N) is 2.